The second-order valence-corrected chi connectivity index (χ2v) is 28.2. The summed E-state index contributed by atoms with van der Waals surface area (Å²) in [5.41, 5.74) is 7.62. The summed E-state index contributed by atoms with van der Waals surface area (Å²) in [5.74, 6) is 7.72. The number of methoxy groups -OCH3 is 1. The second-order valence-electron chi connectivity index (χ2n) is 28.2. The summed E-state index contributed by atoms with van der Waals surface area (Å²) in [5, 5.41) is 53.0. The molecule has 92 heavy (non-hydrogen) atoms. The van der Waals surface area contributed by atoms with Gasteiger partial charge in [0.25, 0.3) is 0 Å². The molecule has 0 saturated heterocycles. The van der Waals surface area contributed by atoms with Crippen molar-refractivity contribution in [3.8, 4) is 46.3 Å². The van der Waals surface area contributed by atoms with E-state index in [0.717, 1.165) is 120 Å². The summed E-state index contributed by atoms with van der Waals surface area (Å²) in [6.45, 7) is 4.47. The number of nitrogens with one attached hydrogen (secondary N) is 2. The number of ether oxygens (including phenoxy) is 3. The zero-order valence-electron chi connectivity index (χ0n) is 53.3. The number of hydrogen-bond acceptors (Lipinski definition) is 12. The summed E-state index contributed by atoms with van der Waals surface area (Å²) in [6.07, 6.45) is 30.9. The first-order valence-electron chi connectivity index (χ1n) is 33.8. The number of ketones is 2. The highest BCUT2D eigenvalue weighted by Crippen LogP contribution is 2.65. The molecule has 3 fully saturated rings. The number of hydrogen-bond donors (Lipinski definition) is 6. The van der Waals surface area contributed by atoms with Crippen LogP contribution in [0, 0.1) is 39.9 Å². The van der Waals surface area contributed by atoms with Crippen LogP contribution >= 0.6 is 0 Å². The molecular weight excluding hydrogens is 1150 g/mol. The normalized spacial score (nSPS) is 26.9. The van der Waals surface area contributed by atoms with Crippen LogP contribution in [0.25, 0.3) is 10.8 Å². The van der Waals surface area contributed by atoms with Crippen LogP contribution < -0.4 is 19.7 Å². The summed E-state index contributed by atoms with van der Waals surface area (Å²) in [7, 11) is 1.51. The highest BCUT2D eigenvalue weighted by atomic mass is 16.5. The van der Waals surface area contributed by atoms with E-state index in [1.54, 1.807) is 24.3 Å². The summed E-state index contributed by atoms with van der Waals surface area (Å²) >= 11 is 0. The molecule has 3 saturated carbocycles. The standard InChI is InChI=1S/C78H86N4O10/c1-48-13-9-17-55-18-11-22-61-63-45-79-44-54(63)42-78(48,55)30-25-60(91-49(2)83)40-58(86)41-66(53-36-69(88)74(70(37-53)90-3)92-59-21-12-20-57(85)39-59)82-46-64-65(24-23-62-73(64)67(82)43-77(75(62)89)32-31-76(47-77)28-7-8-29-76)81(34-27-68(87)50-14-5-4-6-15-50)71-38-52(26-33-80-71)72(61)51-16-10-19-56(84)35-51/h9-10,12-13,16-17,19-21,23-24,26,35-39,44-46,48,50,60-61,66,72,75,79-80,84-85,88-89H,4-8,14-15,18,25,27-34,40-43,47H2,1-3H3/t48-,60+,61-,66-,72+,75+,77-,78-/m0/s1. The first-order valence-corrected chi connectivity index (χ1v) is 33.8. The number of carbonyl (C=O) groups is 3. The van der Waals surface area contributed by atoms with Crippen LogP contribution in [0.3, 0.4) is 0 Å². The van der Waals surface area contributed by atoms with Crippen LogP contribution in [-0.2, 0) is 32.0 Å². The van der Waals surface area contributed by atoms with Gasteiger partial charge in [-0.05, 0) is 164 Å². The third-order valence-corrected chi connectivity index (χ3v) is 22.7. The van der Waals surface area contributed by atoms with Crippen molar-refractivity contribution in [1.82, 2.24) is 14.9 Å². The quantitative estimate of drug-likeness (QED) is 0.0562. The lowest BCUT2D eigenvalue weighted by Crippen LogP contribution is -2.37. The Morgan fingerprint density at radius 2 is 1.66 bits per heavy atom. The number of phenolic OH excluding ortho intramolecular Hbond substituents is 3. The number of benzene rings is 4. The van der Waals surface area contributed by atoms with Gasteiger partial charge in [0.05, 0.1) is 30.9 Å². The van der Waals surface area contributed by atoms with Gasteiger partial charge in [0.1, 0.15) is 40.7 Å². The Hall–Kier alpha value is -8.41. The average Bonchev–Trinajstić information content (AvgIpc) is 1.52. The lowest BCUT2D eigenvalue weighted by atomic mass is 9.61. The van der Waals surface area contributed by atoms with Crippen LogP contribution in [0.1, 0.15) is 187 Å². The summed E-state index contributed by atoms with van der Waals surface area (Å²) in [6, 6.07) is 20.8. The summed E-state index contributed by atoms with van der Waals surface area (Å²) < 4.78 is 20.9. The number of aliphatic hydroxyl groups is 1. The van der Waals surface area contributed by atoms with Gasteiger partial charge in [-0.1, -0.05) is 105 Å². The molecule has 14 heteroatoms. The van der Waals surface area contributed by atoms with E-state index < -0.39 is 35.0 Å². The minimum Gasteiger partial charge on any atom is -0.508 e. The number of allylic oxidation sites excluding steroid dienone is 6. The molecule has 3 spiro atoms. The Morgan fingerprint density at radius 3 is 2.46 bits per heavy atom. The molecule has 0 radical (unpaired) electrons. The molecule has 0 unspecified atom stereocenters. The zero-order valence-corrected chi connectivity index (χ0v) is 53.3. The van der Waals surface area contributed by atoms with E-state index in [-0.39, 0.29) is 88.0 Å². The van der Waals surface area contributed by atoms with E-state index in [4.69, 9.17) is 14.2 Å². The van der Waals surface area contributed by atoms with Crippen LogP contribution in [0.5, 0.6) is 34.5 Å². The Kier molecular flexibility index (Phi) is 16.5. The van der Waals surface area contributed by atoms with Gasteiger partial charge >= 0.3 is 5.97 Å². The van der Waals surface area contributed by atoms with Gasteiger partial charge in [-0.3, -0.25) is 14.4 Å². The third kappa shape index (κ3) is 11.4. The number of carbonyl (C=O) groups excluding carboxylic acids is 3. The topological polar surface area (TPSA) is 196 Å². The molecule has 14 nitrogen and oxygen atoms in total. The molecule has 4 aromatic carbocycles. The zero-order chi connectivity index (χ0) is 63.5. The molecule has 14 rings (SSSR count). The maximum absolute atomic E-state index is 15.8. The first-order chi connectivity index (χ1) is 44.6. The van der Waals surface area contributed by atoms with E-state index in [1.807, 2.05) is 18.2 Å². The largest absolute Gasteiger partial charge is 0.508 e. The van der Waals surface area contributed by atoms with E-state index in [1.165, 1.54) is 44.6 Å². The van der Waals surface area contributed by atoms with Crippen molar-refractivity contribution in [3.05, 3.63) is 172 Å². The number of rotatable bonds is 10. The molecule has 8 aliphatic rings. The minimum atomic E-state index is -0.784. The van der Waals surface area contributed by atoms with Crippen LogP contribution in [0.15, 0.2) is 139 Å². The van der Waals surface area contributed by atoms with E-state index in [0.29, 0.717) is 57.2 Å². The number of Topliss-reactive ketones (excluding diaryl/α,β-unsaturated/α-hetero) is 2. The van der Waals surface area contributed by atoms with Crippen molar-refractivity contribution in [2.45, 2.75) is 172 Å². The predicted molar refractivity (Wildman–Crippen MR) is 355 cm³/mol. The van der Waals surface area contributed by atoms with Crippen molar-refractivity contribution < 1.29 is 49.0 Å². The minimum absolute atomic E-state index is 0.0122. The molecule has 0 amide bonds. The maximum Gasteiger partial charge on any atom is 0.302 e. The SMILES string of the molecule is COc1cc([C@@H]2CC(=O)C[C@H](OC(C)=O)CC[C@@]34Cc5c[nH]cc5[C@H](C#CCC3=CC=C[C@@H]4C)[C@H](c3cccc(O)c3)C3=CCNC(=C3)N(CCC(=O)C3CCCCC3)c3ccc4c5c(n2cc35)C[C@]2(CCC3(CCCC3)C2)[C@@H]4O)cc(O)c1Oc1cccc(O)c1. The first kappa shape index (κ1) is 61.1. The van der Waals surface area contributed by atoms with Gasteiger partial charge in [-0.15, -0.1) is 0 Å². The molecular formula is C78H86N4O10. The number of nitrogens with zero attached hydrogens (tertiary/aromatic N) is 2. The lowest BCUT2D eigenvalue weighted by Gasteiger charge is -2.43. The smallest absolute Gasteiger partial charge is 0.302 e. The number of fused-ring (bicyclic) bond motifs is 3. The highest BCUT2D eigenvalue weighted by Gasteiger charge is 2.55. The Labute approximate surface area is 539 Å². The number of aromatic nitrogens is 2. The van der Waals surface area contributed by atoms with Gasteiger partial charge in [-0.2, -0.15) is 0 Å². The molecule has 6 bridgehead atoms. The van der Waals surface area contributed by atoms with E-state index >= 15 is 4.79 Å². The fourth-order valence-electron chi connectivity index (χ4n) is 18.2. The molecule has 478 valence electrons. The predicted octanol–water partition coefficient (Wildman–Crippen LogP) is 15.2. The number of dihydropyridines is 1. The number of H-pyrrole nitrogens is 1. The Morgan fingerprint density at radius 1 is 0.848 bits per heavy atom. The van der Waals surface area contributed by atoms with E-state index in [9.17, 15) is 30.0 Å². The van der Waals surface area contributed by atoms with Gasteiger partial charge in [-0.25, -0.2) is 0 Å². The van der Waals surface area contributed by atoms with Gasteiger partial charge < -0.3 is 54.4 Å². The molecule has 6 N–H and O–H groups in total. The number of esters is 1. The van der Waals surface area contributed by atoms with Gasteiger partial charge in [0, 0.05) is 109 Å². The molecule has 6 aromatic rings. The van der Waals surface area contributed by atoms with Crippen molar-refractivity contribution in [2.24, 2.45) is 28.1 Å². The number of aromatic hydroxyl groups is 3. The van der Waals surface area contributed by atoms with E-state index in [2.05, 4.69) is 106 Å². The van der Waals surface area contributed by atoms with Crippen molar-refractivity contribution in [1.29, 1.82) is 0 Å². The average molecular weight is 1240 g/mol. The van der Waals surface area contributed by atoms with Crippen LogP contribution in [0.4, 0.5) is 5.69 Å². The van der Waals surface area contributed by atoms with Gasteiger partial charge in [0.2, 0.25) is 5.75 Å². The maximum atomic E-state index is 15.8. The van der Waals surface area contributed by atoms with Crippen LogP contribution in [0.2, 0.25) is 0 Å². The lowest BCUT2D eigenvalue weighted by molar-refractivity contribution is -0.148. The monoisotopic (exact) mass is 1240 g/mol. The molecule has 2 aromatic heterocycles. The van der Waals surface area contributed by atoms with Crippen molar-refractivity contribution in [2.75, 3.05) is 25.1 Å². The number of aliphatic hydroxyl groups excluding tert-OH is 1. The molecule has 4 heterocycles. The van der Waals surface area contributed by atoms with Gasteiger partial charge in [0.15, 0.2) is 11.5 Å². The Bertz CT molecular complexity index is 4060. The van der Waals surface area contributed by atoms with Crippen molar-refractivity contribution in [3.63, 3.8) is 0 Å². The number of aromatic amines is 1. The molecule has 8 atom stereocenters. The van der Waals surface area contributed by atoms with Crippen LogP contribution in [-0.4, -0.2) is 73.8 Å². The number of anilines is 1. The molecule has 6 aliphatic carbocycles. The fraction of sp³-hybridized carbons (Fsp3) is 0.449. The summed E-state index contributed by atoms with van der Waals surface area (Å²) in [4.78, 5) is 49.7. The highest BCUT2D eigenvalue weighted by molar-refractivity contribution is 6.00. The Balaban J connectivity index is 1.00. The second kappa shape index (κ2) is 24.9. The van der Waals surface area contributed by atoms with Crippen molar-refractivity contribution >= 4 is 34.0 Å². The fourth-order valence-corrected chi connectivity index (χ4v) is 18.2. The molecule has 2 aliphatic heterocycles. The third-order valence-electron chi connectivity index (χ3n) is 22.7. The number of phenols is 3.